The number of amides is 2. The molecule has 2 rings (SSSR count). The largest absolute Gasteiger partial charge is 0.481 e. The van der Waals surface area contributed by atoms with Gasteiger partial charge in [0.25, 0.3) is 0 Å². The molecule has 2 unspecified atom stereocenters. The highest BCUT2D eigenvalue weighted by Crippen LogP contribution is 2.29. The minimum absolute atomic E-state index is 0.107. The van der Waals surface area contributed by atoms with Gasteiger partial charge in [-0.2, -0.15) is 11.8 Å². The van der Waals surface area contributed by atoms with Crippen LogP contribution in [0.15, 0.2) is 0 Å². The van der Waals surface area contributed by atoms with E-state index in [2.05, 4.69) is 5.32 Å². The molecule has 108 valence electrons. The minimum Gasteiger partial charge on any atom is -0.481 e. The molecule has 2 fully saturated rings. The van der Waals surface area contributed by atoms with E-state index < -0.39 is 11.4 Å². The number of piperidine rings is 1. The SMILES string of the molecule is CC1(C(=O)O)CCCN(C(=O)NCC2CCSC2)C1. The summed E-state index contributed by atoms with van der Waals surface area (Å²) in [4.78, 5) is 25.0. The van der Waals surface area contributed by atoms with Crippen LogP contribution >= 0.6 is 11.8 Å². The lowest BCUT2D eigenvalue weighted by Gasteiger charge is -2.37. The molecule has 2 heterocycles. The van der Waals surface area contributed by atoms with E-state index >= 15 is 0 Å². The van der Waals surface area contributed by atoms with Crippen molar-refractivity contribution in [3.05, 3.63) is 0 Å². The average Bonchev–Trinajstić information content (AvgIpc) is 2.89. The molecule has 6 heteroatoms. The summed E-state index contributed by atoms with van der Waals surface area (Å²) in [6.07, 6.45) is 2.57. The summed E-state index contributed by atoms with van der Waals surface area (Å²) in [6, 6.07) is -0.107. The molecule has 0 aromatic heterocycles. The van der Waals surface area contributed by atoms with Crippen LogP contribution in [0.25, 0.3) is 0 Å². The first-order chi connectivity index (χ1) is 9.01. The van der Waals surface area contributed by atoms with E-state index in [1.54, 1.807) is 11.8 Å². The van der Waals surface area contributed by atoms with Gasteiger partial charge in [0.2, 0.25) is 0 Å². The Morgan fingerprint density at radius 1 is 1.53 bits per heavy atom. The molecule has 0 aliphatic carbocycles. The summed E-state index contributed by atoms with van der Waals surface area (Å²) in [6.45, 7) is 3.41. The summed E-state index contributed by atoms with van der Waals surface area (Å²) in [5, 5.41) is 12.2. The Hall–Kier alpha value is -0.910. The molecule has 2 saturated heterocycles. The smallest absolute Gasteiger partial charge is 0.317 e. The zero-order valence-corrected chi connectivity index (χ0v) is 12.2. The second-order valence-corrected chi connectivity index (χ2v) is 6.96. The Balaban J connectivity index is 1.83. The highest BCUT2D eigenvalue weighted by atomic mass is 32.2. The molecule has 2 N–H and O–H groups in total. The highest BCUT2D eigenvalue weighted by Gasteiger charge is 2.39. The molecule has 2 atom stereocenters. The van der Waals surface area contributed by atoms with Gasteiger partial charge in [0.1, 0.15) is 0 Å². The molecule has 0 aromatic carbocycles. The number of carboxylic acid groups (broad SMARTS) is 1. The fourth-order valence-corrected chi connectivity index (χ4v) is 3.96. The molecule has 0 saturated carbocycles. The number of nitrogens with zero attached hydrogens (tertiary/aromatic N) is 1. The number of carboxylic acids is 1. The van der Waals surface area contributed by atoms with Crippen LogP contribution < -0.4 is 5.32 Å². The van der Waals surface area contributed by atoms with Crippen LogP contribution in [0.5, 0.6) is 0 Å². The van der Waals surface area contributed by atoms with Crippen molar-refractivity contribution < 1.29 is 14.7 Å². The van der Waals surface area contributed by atoms with Crippen molar-refractivity contribution in [2.24, 2.45) is 11.3 Å². The zero-order valence-electron chi connectivity index (χ0n) is 11.4. The molecule has 0 spiro atoms. The number of hydrogen-bond acceptors (Lipinski definition) is 3. The standard InChI is InChI=1S/C13H22N2O3S/c1-13(11(16)17)4-2-5-15(9-13)12(18)14-7-10-3-6-19-8-10/h10H,2-9H2,1H3,(H,14,18)(H,16,17). The molecule has 5 nitrogen and oxygen atoms in total. The second-order valence-electron chi connectivity index (χ2n) is 5.81. The van der Waals surface area contributed by atoms with Crippen molar-refractivity contribution in [2.45, 2.75) is 26.2 Å². The van der Waals surface area contributed by atoms with Crippen LogP contribution in [0.1, 0.15) is 26.2 Å². The summed E-state index contributed by atoms with van der Waals surface area (Å²) < 4.78 is 0. The number of rotatable bonds is 3. The number of urea groups is 1. The van der Waals surface area contributed by atoms with Gasteiger partial charge >= 0.3 is 12.0 Å². The maximum Gasteiger partial charge on any atom is 0.317 e. The Kier molecular flexibility index (Phi) is 4.60. The number of carbonyl (C=O) groups excluding carboxylic acids is 1. The summed E-state index contributed by atoms with van der Waals surface area (Å²) in [7, 11) is 0. The van der Waals surface area contributed by atoms with Crippen molar-refractivity contribution in [1.29, 1.82) is 0 Å². The highest BCUT2D eigenvalue weighted by molar-refractivity contribution is 7.99. The minimum atomic E-state index is -0.808. The van der Waals surface area contributed by atoms with E-state index in [4.69, 9.17) is 0 Å². The summed E-state index contributed by atoms with van der Waals surface area (Å²) in [5.41, 5.74) is -0.793. The van der Waals surface area contributed by atoms with Crippen LogP contribution in [-0.4, -0.2) is 53.1 Å². The van der Waals surface area contributed by atoms with Gasteiger partial charge in [-0.3, -0.25) is 4.79 Å². The fourth-order valence-electron chi connectivity index (χ4n) is 2.68. The Labute approximate surface area is 118 Å². The molecule has 2 aliphatic heterocycles. The van der Waals surface area contributed by atoms with E-state index in [0.717, 1.165) is 18.6 Å². The number of hydrogen-bond donors (Lipinski definition) is 2. The molecule has 2 amide bonds. The Morgan fingerprint density at radius 2 is 2.32 bits per heavy atom. The third kappa shape index (κ3) is 3.55. The van der Waals surface area contributed by atoms with Crippen molar-refractivity contribution in [1.82, 2.24) is 10.2 Å². The third-order valence-corrected chi connectivity index (χ3v) is 5.30. The quantitative estimate of drug-likeness (QED) is 0.827. The number of aliphatic carboxylic acids is 1. The van der Waals surface area contributed by atoms with Crippen LogP contribution in [0.2, 0.25) is 0 Å². The van der Waals surface area contributed by atoms with Gasteiger partial charge in [-0.25, -0.2) is 4.79 Å². The van der Waals surface area contributed by atoms with Crippen molar-refractivity contribution in [3.8, 4) is 0 Å². The number of likely N-dealkylation sites (tertiary alicyclic amines) is 1. The Bertz CT molecular complexity index is 358. The summed E-state index contributed by atoms with van der Waals surface area (Å²) in [5.74, 6) is 2.07. The molecule has 19 heavy (non-hydrogen) atoms. The molecule has 0 aromatic rings. The van der Waals surface area contributed by atoms with Gasteiger partial charge in [0.05, 0.1) is 5.41 Å². The van der Waals surface area contributed by atoms with Gasteiger partial charge in [-0.1, -0.05) is 0 Å². The van der Waals surface area contributed by atoms with Gasteiger partial charge in [-0.15, -0.1) is 0 Å². The molecule has 2 aliphatic rings. The van der Waals surface area contributed by atoms with Crippen molar-refractivity contribution in [3.63, 3.8) is 0 Å². The predicted octanol–water partition coefficient (Wildman–Crippen LogP) is 1.64. The second kappa shape index (κ2) is 6.03. The molecular formula is C13H22N2O3S. The first-order valence-corrected chi connectivity index (χ1v) is 8.01. The lowest BCUT2D eigenvalue weighted by molar-refractivity contribution is -0.150. The normalized spacial score (nSPS) is 31.2. The Morgan fingerprint density at radius 3 is 2.95 bits per heavy atom. The topological polar surface area (TPSA) is 69.6 Å². The van der Waals surface area contributed by atoms with E-state index in [1.165, 1.54) is 5.75 Å². The third-order valence-electron chi connectivity index (χ3n) is 4.07. The van der Waals surface area contributed by atoms with E-state index in [9.17, 15) is 14.7 Å². The van der Waals surface area contributed by atoms with Crippen LogP contribution in [0.4, 0.5) is 4.79 Å². The van der Waals surface area contributed by atoms with E-state index in [-0.39, 0.29) is 6.03 Å². The van der Waals surface area contributed by atoms with Crippen LogP contribution in [0.3, 0.4) is 0 Å². The maximum absolute atomic E-state index is 12.1. The molecule has 0 radical (unpaired) electrons. The van der Waals surface area contributed by atoms with Crippen LogP contribution in [-0.2, 0) is 4.79 Å². The van der Waals surface area contributed by atoms with Crippen molar-refractivity contribution >= 4 is 23.8 Å². The predicted molar refractivity (Wildman–Crippen MR) is 75.4 cm³/mol. The van der Waals surface area contributed by atoms with Gasteiger partial charge < -0.3 is 15.3 Å². The lowest BCUT2D eigenvalue weighted by Crippen LogP contribution is -2.52. The summed E-state index contributed by atoms with van der Waals surface area (Å²) >= 11 is 1.93. The zero-order chi connectivity index (χ0) is 13.9. The number of carbonyl (C=O) groups is 2. The number of thioether (sulfide) groups is 1. The number of nitrogens with one attached hydrogen (secondary N) is 1. The first kappa shape index (κ1) is 14.5. The van der Waals surface area contributed by atoms with Gasteiger partial charge in [-0.05, 0) is 43.6 Å². The first-order valence-electron chi connectivity index (χ1n) is 6.85. The fraction of sp³-hybridized carbons (Fsp3) is 0.846. The van der Waals surface area contributed by atoms with Crippen LogP contribution in [0, 0.1) is 11.3 Å². The van der Waals surface area contributed by atoms with E-state index in [0.29, 0.717) is 32.0 Å². The lowest BCUT2D eigenvalue weighted by atomic mass is 9.82. The maximum atomic E-state index is 12.1. The monoisotopic (exact) mass is 286 g/mol. The molecular weight excluding hydrogens is 264 g/mol. The van der Waals surface area contributed by atoms with Gasteiger partial charge in [0, 0.05) is 19.6 Å². The molecule has 0 bridgehead atoms. The van der Waals surface area contributed by atoms with E-state index in [1.807, 2.05) is 11.8 Å². The average molecular weight is 286 g/mol. The van der Waals surface area contributed by atoms with Gasteiger partial charge in [0.15, 0.2) is 0 Å². The van der Waals surface area contributed by atoms with Crippen molar-refractivity contribution in [2.75, 3.05) is 31.1 Å².